The summed E-state index contributed by atoms with van der Waals surface area (Å²) in [6.45, 7) is 8.27. The van der Waals surface area contributed by atoms with Crippen LogP contribution >= 0.6 is 0 Å². The summed E-state index contributed by atoms with van der Waals surface area (Å²) in [5.74, 6) is 0.774. The molecular formula is C10H19NO2. The zero-order valence-corrected chi connectivity index (χ0v) is 8.58. The van der Waals surface area contributed by atoms with Crippen molar-refractivity contribution in [3.05, 3.63) is 0 Å². The van der Waals surface area contributed by atoms with Gasteiger partial charge in [-0.1, -0.05) is 6.92 Å². The highest BCUT2D eigenvalue weighted by molar-refractivity contribution is 5.76. The number of nitrogens with zero attached hydrogens (tertiary/aromatic N) is 1. The Kier molecular flexibility index (Phi) is 4.39. The van der Waals surface area contributed by atoms with Gasteiger partial charge in [0.15, 0.2) is 5.78 Å². The van der Waals surface area contributed by atoms with Crippen LogP contribution in [-0.2, 0) is 9.53 Å². The maximum Gasteiger partial charge on any atom is 0.155 e. The highest BCUT2D eigenvalue weighted by Crippen LogP contribution is 2.15. The minimum atomic E-state index is 0.115. The van der Waals surface area contributed by atoms with E-state index < -0.39 is 0 Å². The fourth-order valence-corrected chi connectivity index (χ4v) is 1.65. The van der Waals surface area contributed by atoms with Crippen molar-refractivity contribution in [2.45, 2.75) is 20.3 Å². The maximum absolute atomic E-state index is 10.6. The number of rotatable bonds is 6. The van der Waals surface area contributed by atoms with Crippen molar-refractivity contribution in [3.8, 4) is 0 Å². The van der Waals surface area contributed by atoms with E-state index in [9.17, 15) is 4.79 Å². The zero-order chi connectivity index (χ0) is 9.68. The number of carbonyl (C=O) groups excluding carboxylic acids is 1. The quantitative estimate of drug-likeness (QED) is 0.616. The molecule has 0 saturated carbocycles. The molecule has 0 unspecified atom stereocenters. The summed E-state index contributed by atoms with van der Waals surface area (Å²) < 4.78 is 5.25. The van der Waals surface area contributed by atoms with Gasteiger partial charge in [-0.15, -0.1) is 0 Å². The lowest BCUT2D eigenvalue weighted by Crippen LogP contribution is -2.48. The van der Waals surface area contributed by atoms with Crippen LogP contribution in [0.5, 0.6) is 0 Å². The topological polar surface area (TPSA) is 29.5 Å². The first kappa shape index (κ1) is 10.7. The van der Waals surface area contributed by atoms with Crippen molar-refractivity contribution >= 4 is 5.78 Å². The summed E-state index contributed by atoms with van der Waals surface area (Å²) in [6, 6.07) is 0. The fourth-order valence-electron chi connectivity index (χ4n) is 1.65. The van der Waals surface area contributed by atoms with Crippen molar-refractivity contribution in [3.63, 3.8) is 0 Å². The molecule has 0 N–H and O–H groups in total. The predicted molar refractivity (Wildman–Crippen MR) is 51.7 cm³/mol. The predicted octanol–water partition coefficient (Wildman–Crippen LogP) is 0.934. The molecule has 1 aliphatic heterocycles. The first-order chi connectivity index (χ1) is 6.22. The van der Waals surface area contributed by atoms with Gasteiger partial charge in [0.2, 0.25) is 0 Å². The molecule has 1 fully saturated rings. The molecule has 0 aromatic carbocycles. The van der Waals surface area contributed by atoms with Crippen LogP contribution in [0.1, 0.15) is 20.3 Å². The number of hydrogen-bond acceptors (Lipinski definition) is 3. The maximum atomic E-state index is 10.6. The van der Waals surface area contributed by atoms with Gasteiger partial charge in [-0.05, 0) is 19.9 Å². The Hall–Kier alpha value is -0.410. The van der Waals surface area contributed by atoms with Crippen molar-refractivity contribution in [2.75, 3.05) is 32.8 Å². The summed E-state index contributed by atoms with van der Waals surface area (Å²) in [5.41, 5.74) is 0. The average molecular weight is 185 g/mol. The Labute approximate surface area is 80.1 Å². The van der Waals surface area contributed by atoms with E-state index in [-0.39, 0.29) is 12.4 Å². The van der Waals surface area contributed by atoms with Crippen molar-refractivity contribution in [1.82, 2.24) is 4.90 Å². The van der Waals surface area contributed by atoms with Gasteiger partial charge in [0, 0.05) is 19.0 Å². The molecule has 1 rings (SSSR count). The number of likely N-dealkylation sites (tertiary alicyclic amines) is 1. The van der Waals surface area contributed by atoms with Gasteiger partial charge in [-0.2, -0.15) is 0 Å². The van der Waals surface area contributed by atoms with Crippen LogP contribution in [0.3, 0.4) is 0 Å². The molecule has 0 aromatic heterocycles. The number of ether oxygens (including phenoxy) is 1. The molecule has 0 amide bonds. The number of ketones is 1. The minimum Gasteiger partial charge on any atom is -0.373 e. The normalized spacial score (nSPS) is 18.6. The molecule has 0 spiro atoms. The highest BCUT2D eigenvalue weighted by atomic mass is 16.5. The molecule has 3 heteroatoms. The van der Waals surface area contributed by atoms with Crippen molar-refractivity contribution in [1.29, 1.82) is 0 Å². The summed E-state index contributed by atoms with van der Waals surface area (Å²) in [6.07, 6.45) is 1.22. The molecule has 0 bridgehead atoms. The highest BCUT2D eigenvalue weighted by Gasteiger charge is 2.25. The van der Waals surface area contributed by atoms with Crippen LogP contribution in [0.25, 0.3) is 0 Å². The van der Waals surface area contributed by atoms with Gasteiger partial charge >= 0.3 is 0 Å². The fraction of sp³-hybridized carbons (Fsp3) is 0.900. The van der Waals surface area contributed by atoms with Crippen LogP contribution in [0, 0.1) is 5.92 Å². The Morgan fingerprint density at radius 3 is 2.77 bits per heavy atom. The SMILES string of the molecule is CCCN1CC(COCC(C)=O)C1. The van der Waals surface area contributed by atoms with Crippen LogP contribution in [0.2, 0.25) is 0 Å². The summed E-state index contributed by atoms with van der Waals surface area (Å²) in [4.78, 5) is 13.0. The first-order valence-electron chi connectivity index (χ1n) is 5.02. The van der Waals surface area contributed by atoms with Crippen LogP contribution in [0.4, 0.5) is 0 Å². The Morgan fingerprint density at radius 2 is 2.23 bits per heavy atom. The van der Waals surface area contributed by atoms with E-state index in [1.54, 1.807) is 6.92 Å². The lowest BCUT2D eigenvalue weighted by atomic mass is 10.0. The molecule has 76 valence electrons. The Balaban J connectivity index is 1.93. The van der Waals surface area contributed by atoms with Gasteiger partial charge in [0.1, 0.15) is 6.61 Å². The van der Waals surface area contributed by atoms with Gasteiger partial charge in [0.05, 0.1) is 6.61 Å². The first-order valence-corrected chi connectivity index (χ1v) is 5.02. The Bertz CT molecular complexity index is 164. The van der Waals surface area contributed by atoms with Crippen molar-refractivity contribution in [2.24, 2.45) is 5.92 Å². The minimum absolute atomic E-state index is 0.115. The van der Waals surface area contributed by atoms with E-state index in [0.29, 0.717) is 5.92 Å². The molecule has 0 atom stereocenters. The third-order valence-corrected chi connectivity index (χ3v) is 2.23. The van der Waals surface area contributed by atoms with Crippen LogP contribution < -0.4 is 0 Å². The molecule has 0 aromatic rings. The second-order valence-corrected chi connectivity index (χ2v) is 3.84. The van der Waals surface area contributed by atoms with E-state index in [1.165, 1.54) is 13.0 Å². The second-order valence-electron chi connectivity index (χ2n) is 3.84. The molecule has 1 heterocycles. The largest absolute Gasteiger partial charge is 0.373 e. The monoisotopic (exact) mass is 185 g/mol. The third kappa shape index (κ3) is 3.87. The standard InChI is InChI=1S/C10H19NO2/c1-3-4-11-5-10(6-11)8-13-7-9(2)12/h10H,3-8H2,1-2H3. The third-order valence-electron chi connectivity index (χ3n) is 2.23. The number of hydrogen-bond donors (Lipinski definition) is 0. The van der Waals surface area contributed by atoms with Crippen molar-refractivity contribution < 1.29 is 9.53 Å². The summed E-state index contributed by atoms with van der Waals surface area (Å²) in [7, 11) is 0. The average Bonchev–Trinajstić information content (AvgIpc) is 1.99. The summed E-state index contributed by atoms with van der Waals surface area (Å²) >= 11 is 0. The number of Topliss-reactive ketones (excluding diaryl/α,β-unsaturated/α-hetero) is 1. The van der Waals surface area contributed by atoms with Gasteiger partial charge in [0.25, 0.3) is 0 Å². The lowest BCUT2D eigenvalue weighted by molar-refractivity contribution is -0.122. The molecule has 1 aliphatic rings. The molecule has 3 nitrogen and oxygen atoms in total. The number of carbonyl (C=O) groups is 1. The lowest BCUT2D eigenvalue weighted by Gasteiger charge is -2.38. The smallest absolute Gasteiger partial charge is 0.155 e. The molecule has 0 radical (unpaired) electrons. The zero-order valence-electron chi connectivity index (χ0n) is 8.58. The molecule has 1 saturated heterocycles. The van der Waals surface area contributed by atoms with Gasteiger partial charge in [-0.25, -0.2) is 0 Å². The Morgan fingerprint density at radius 1 is 1.54 bits per heavy atom. The molecule has 13 heavy (non-hydrogen) atoms. The van der Waals surface area contributed by atoms with Crippen LogP contribution in [-0.4, -0.2) is 43.5 Å². The summed E-state index contributed by atoms with van der Waals surface area (Å²) in [5, 5.41) is 0. The van der Waals surface area contributed by atoms with Crippen LogP contribution in [0.15, 0.2) is 0 Å². The van der Waals surface area contributed by atoms with E-state index >= 15 is 0 Å². The molecule has 0 aliphatic carbocycles. The van der Waals surface area contributed by atoms with Gasteiger partial charge in [-0.3, -0.25) is 4.79 Å². The van der Waals surface area contributed by atoms with E-state index in [4.69, 9.17) is 4.74 Å². The second kappa shape index (κ2) is 5.35. The van der Waals surface area contributed by atoms with E-state index in [1.807, 2.05) is 0 Å². The van der Waals surface area contributed by atoms with E-state index in [2.05, 4.69) is 11.8 Å². The van der Waals surface area contributed by atoms with E-state index in [0.717, 1.165) is 19.7 Å². The molecular weight excluding hydrogens is 166 g/mol. The van der Waals surface area contributed by atoms with Gasteiger partial charge < -0.3 is 9.64 Å².